The summed E-state index contributed by atoms with van der Waals surface area (Å²) in [6.07, 6.45) is -4.86. The molecule has 0 aromatic carbocycles. The molecule has 0 rings (SSSR count). The number of aldehydes is 1. The molecule has 9 nitrogen and oxygen atoms in total. The molecule has 5 N–H and O–H groups in total. The molecule has 9 heteroatoms. The Hall–Kier alpha value is -1.55. The molecule has 0 aliphatic rings. The van der Waals surface area contributed by atoms with Crippen LogP contribution in [0, 0.1) is 0 Å². The number of aliphatic hydroxyl groups excluding tert-OH is 4. The van der Waals surface area contributed by atoms with Crippen molar-refractivity contribution in [1.29, 1.82) is 0 Å². The summed E-state index contributed by atoms with van der Waals surface area (Å²) in [6.45, 7) is -0.724. The Kier molecular flexibility index (Phi) is 7.84. The summed E-state index contributed by atoms with van der Waals surface area (Å²) in [4.78, 5) is 32.5. The number of carbonyl (C=O) groups is 3. The molecule has 0 bridgehead atoms. The number of amides is 1. The third-order valence-corrected chi connectivity index (χ3v) is 2.19. The molecular formula is C10H17NO8. The lowest BCUT2D eigenvalue weighted by Crippen LogP contribution is -2.55. The van der Waals surface area contributed by atoms with Gasteiger partial charge in [0.05, 0.1) is 6.61 Å². The average Bonchev–Trinajstić information content (AvgIpc) is 2.39. The van der Waals surface area contributed by atoms with E-state index in [9.17, 15) is 24.6 Å². The number of hydrogen-bond acceptors (Lipinski definition) is 8. The number of hydrogen-bond donors (Lipinski definition) is 5. The highest BCUT2D eigenvalue weighted by Gasteiger charge is 2.35. The van der Waals surface area contributed by atoms with Crippen LogP contribution in [0.2, 0.25) is 0 Å². The van der Waals surface area contributed by atoms with Crippen LogP contribution in [0.4, 0.5) is 0 Å². The van der Waals surface area contributed by atoms with Gasteiger partial charge in [0.2, 0.25) is 5.91 Å². The Morgan fingerprint density at radius 3 is 2.26 bits per heavy atom. The van der Waals surface area contributed by atoms with Crippen molar-refractivity contribution in [3.63, 3.8) is 0 Å². The Bertz CT molecular complexity index is 321. The first kappa shape index (κ1) is 17.4. The summed E-state index contributed by atoms with van der Waals surface area (Å²) >= 11 is 0. The normalized spacial score (nSPS) is 16.9. The first-order chi connectivity index (χ1) is 8.87. The van der Waals surface area contributed by atoms with Crippen LogP contribution in [-0.4, -0.2) is 76.2 Å². The minimum atomic E-state index is -1.78. The third kappa shape index (κ3) is 5.75. The fourth-order valence-corrected chi connectivity index (χ4v) is 1.31. The van der Waals surface area contributed by atoms with Gasteiger partial charge < -0.3 is 35.3 Å². The Morgan fingerprint density at radius 1 is 1.32 bits per heavy atom. The largest absolute Gasteiger partial charge is 0.457 e. The van der Waals surface area contributed by atoms with Crippen molar-refractivity contribution in [2.24, 2.45) is 0 Å². The topological polar surface area (TPSA) is 153 Å². The summed E-state index contributed by atoms with van der Waals surface area (Å²) in [5.74, 6) is -1.79. The highest BCUT2D eigenvalue weighted by atomic mass is 16.6. The summed E-state index contributed by atoms with van der Waals surface area (Å²) in [7, 11) is 0. The maximum atomic E-state index is 10.9. The van der Waals surface area contributed by atoms with E-state index in [4.69, 9.17) is 10.2 Å². The van der Waals surface area contributed by atoms with E-state index in [0.717, 1.165) is 6.92 Å². The fourth-order valence-electron chi connectivity index (χ4n) is 1.31. The maximum Gasteiger partial charge on any atom is 0.303 e. The van der Waals surface area contributed by atoms with E-state index < -0.39 is 49.4 Å². The lowest BCUT2D eigenvalue weighted by molar-refractivity contribution is -0.167. The van der Waals surface area contributed by atoms with Gasteiger partial charge in [-0.15, -0.1) is 0 Å². The quantitative estimate of drug-likeness (QED) is 0.225. The second kappa shape index (κ2) is 8.53. The highest BCUT2D eigenvalue weighted by Crippen LogP contribution is 2.09. The molecule has 0 radical (unpaired) electrons. The van der Waals surface area contributed by atoms with Gasteiger partial charge in [0.15, 0.2) is 6.10 Å². The lowest BCUT2D eigenvalue weighted by Gasteiger charge is -2.29. The summed E-state index contributed by atoms with van der Waals surface area (Å²) in [5.41, 5.74) is 0. The molecule has 0 aliphatic carbocycles. The van der Waals surface area contributed by atoms with E-state index in [1.54, 1.807) is 0 Å². The van der Waals surface area contributed by atoms with Crippen molar-refractivity contribution in [3.8, 4) is 0 Å². The minimum absolute atomic E-state index is 0.152. The van der Waals surface area contributed by atoms with Gasteiger partial charge in [0, 0.05) is 6.92 Å². The third-order valence-electron chi connectivity index (χ3n) is 2.19. The molecule has 0 aromatic rings. The first-order valence-corrected chi connectivity index (χ1v) is 5.37. The number of carbonyl (C=O) groups excluding carboxylic acids is 3. The van der Waals surface area contributed by atoms with Crippen LogP contribution in [0.15, 0.2) is 0 Å². The zero-order chi connectivity index (χ0) is 15.0. The zero-order valence-corrected chi connectivity index (χ0v) is 10.2. The fraction of sp³-hybridized carbons (Fsp3) is 0.700. The van der Waals surface area contributed by atoms with Crippen LogP contribution in [0.3, 0.4) is 0 Å². The zero-order valence-electron chi connectivity index (χ0n) is 10.2. The molecule has 0 heterocycles. The molecule has 0 unspecified atom stereocenters. The van der Waals surface area contributed by atoms with Gasteiger partial charge in [0.1, 0.15) is 31.1 Å². The number of nitrogens with one attached hydrogen (secondary N) is 1. The number of esters is 1. The average molecular weight is 279 g/mol. The van der Waals surface area contributed by atoms with Crippen molar-refractivity contribution < 1.29 is 39.5 Å². The van der Waals surface area contributed by atoms with Crippen LogP contribution in [0.1, 0.15) is 6.92 Å². The number of aliphatic hydroxyl groups is 4. The Morgan fingerprint density at radius 2 is 1.89 bits per heavy atom. The van der Waals surface area contributed by atoms with E-state index in [2.05, 4.69) is 4.74 Å². The summed E-state index contributed by atoms with van der Waals surface area (Å²) in [6, 6.07) is -1.51. The van der Waals surface area contributed by atoms with Crippen LogP contribution >= 0.6 is 0 Å². The molecule has 19 heavy (non-hydrogen) atoms. The molecule has 110 valence electrons. The SMILES string of the molecule is CC(=O)O[C@@H]([C@H](O)[C@H](C=O)NC(=O)CO)[C@H](O)CO. The van der Waals surface area contributed by atoms with Gasteiger partial charge in [-0.25, -0.2) is 0 Å². The van der Waals surface area contributed by atoms with Crippen molar-refractivity contribution >= 4 is 18.2 Å². The van der Waals surface area contributed by atoms with Crippen LogP contribution in [0.25, 0.3) is 0 Å². The van der Waals surface area contributed by atoms with Crippen LogP contribution in [-0.2, 0) is 19.1 Å². The van der Waals surface area contributed by atoms with Gasteiger partial charge in [0.25, 0.3) is 0 Å². The Labute approximate surface area is 108 Å². The number of ether oxygens (including phenoxy) is 1. The van der Waals surface area contributed by atoms with Crippen LogP contribution < -0.4 is 5.32 Å². The molecule has 0 aliphatic heterocycles. The molecule has 0 spiro atoms. The second-order valence-electron chi connectivity index (χ2n) is 3.70. The standard InChI is InChI=1S/C10H17NO8/c1-5(15)19-10(7(16)3-13)9(18)6(2-12)11-8(17)4-14/h2,6-7,9-10,13-14,16,18H,3-4H2,1H3,(H,11,17)/t6-,7+,9+,10+/m0/s1. The molecule has 0 aromatic heterocycles. The maximum absolute atomic E-state index is 10.9. The van der Waals surface area contributed by atoms with Crippen molar-refractivity contribution in [2.75, 3.05) is 13.2 Å². The van der Waals surface area contributed by atoms with Crippen LogP contribution in [0.5, 0.6) is 0 Å². The van der Waals surface area contributed by atoms with Gasteiger partial charge in [-0.05, 0) is 0 Å². The van der Waals surface area contributed by atoms with E-state index >= 15 is 0 Å². The molecule has 1 amide bonds. The van der Waals surface area contributed by atoms with Gasteiger partial charge in [-0.1, -0.05) is 0 Å². The second-order valence-corrected chi connectivity index (χ2v) is 3.70. The predicted octanol–water partition coefficient (Wildman–Crippen LogP) is -3.69. The molecule has 0 saturated heterocycles. The highest BCUT2D eigenvalue weighted by molar-refractivity contribution is 5.80. The Balaban J connectivity index is 4.91. The smallest absolute Gasteiger partial charge is 0.303 e. The van der Waals surface area contributed by atoms with Crippen molar-refractivity contribution in [1.82, 2.24) is 5.32 Å². The van der Waals surface area contributed by atoms with E-state index in [0.29, 0.717) is 0 Å². The predicted molar refractivity (Wildman–Crippen MR) is 59.7 cm³/mol. The summed E-state index contributed by atoms with van der Waals surface area (Å²) < 4.78 is 4.59. The van der Waals surface area contributed by atoms with Crippen molar-refractivity contribution in [3.05, 3.63) is 0 Å². The molecule has 0 fully saturated rings. The monoisotopic (exact) mass is 279 g/mol. The van der Waals surface area contributed by atoms with E-state index in [1.165, 1.54) is 0 Å². The lowest BCUT2D eigenvalue weighted by atomic mass is 10.0. The van der Waals surface area contributed by atoms with Gasteiger partial charge in [-0.2, -0.15) is 0 Å². The molecule has 4 atom stereocenters. The summed E-state index contributed by atoms with van der Waals surface area (Å²) in [5, 5.41) is 38.5. The number of rotatable bonds is 8. The van der Waals surface area contributed by atoms with E-state index in [-0.39, 0.29) is 6.29 Å². The van der Waals surface area contributed by atoms with Crippen molar-refractivity contribution in [2.45, 2.75) is 31.3 Å². The first-order valence-electron chi connectivity index (χ1n) is 5.37. The molecule has 0 saturated carbocycles. The van der Waals surface area contributed by atoms with Gasteiger partial charge in [-0.3, -0.25) is 9.59 Å². The van der Waals surface area contributed by atoms with Gasteiger partial charge >= 0.3 is 5.97 Å². The molecular weight excluding hydrogens is 262 g/mol. The minimum Gasteiger partial charge on any atom is -0.457 e. The van der Waals surface area contributed by atoms with E-state index in [1.807, 2.05) is 5.32 Å².